The van der Waals surface area contributed by atoms with E-state index in [1.807, 2.05) is 0 Å². The maximum Gasteiger partial charge on any atom is 0.237 e. The molecule has 0 radical (unpaired) electrons. The average molecular weight is 345 g/mol. The highest BCUT2D eigenvalue weighted by molar-refractivity contribution is 7.80. The Morgan fingerprint density at radius 3 is 2.10 bits per heavy atom. The molecule has 0 aliphatic heterocycles. The van der Waals surface area contributed by atoms with Crippen LogP contribution in [0.1, 0.15) is 38.5 Å². The van der Waals surface area contributed by atoms with Gasteiger partial charge in [-0.25, -0.2) is 0 Å². The molecule has 114 valence electrons. The number of benzene rings is 1. The minimum Gasteiger partial charge on any atom is -0.392 e. The van der Waals surface area contributed by atoms with Gasteiger partial charge in [-0.1, -0.05) is 61.1 Å². The topological polar surface area (TPSA) is 55.1 Å². The summed E-state index contributed by atoms with van der Waals surface area (Å²) in [6.07, 6.45) is 5.54. The molecular weight excluding hydrogens is 327 g/mol. The highest BCUT2D eigenvalue weighted by atomic mass is 35.5. The van der Waals surface area contributed by atoms with Gasteiger partial charge in [0.05, 0.1) is 10.4 Å². The third kappa shape index (κ3) is 3.87. The van der Waals surface area contributed by atoms with E-state index < -0.39 is 5.41 Å². The quantitative estimate of drug-likeness (QED) is 0.624. The summed E-state index contributed by atoms with van der Waals surface area (Å²) < 4.78 is 0. The van der Waals surface area contributed by atoms with Crippen LogP contribution in [0, 0.1) is 5.41 Å². The molecule has 0 saturated heterocycles. The number of carbonyl (C=O) groups excluding carboxylic acids is 1. The first-order valence-corrected chi connectivity index (χ1v) is 8.18. The van der Waals surface area contributed by atoms with Gasteiger partial charge in [0.15, 0.2) is 0 Å². The van der Waals surface area contributed by atoms with Crippen molar-refractivity contribution in [1.82, 2.24) is 0 Å². The summed E-state index contributed by atoms with van der Waals surface area (Å²) in [4.78, 5) is 13.0. The number of amides is 1. The maximum atomic E-state index is 12.7. The summed E-state index contributed by atoms with van der Waals surface area (Å²) in [5, 5.41) is 3.82. The fraction of sp³-hybridized carbons (Fsp3) is 0.467. The van der Waals surface area contributed by atoms with Crippen LogP contribution in [0.25, 0.3) is 0 Å². The second kappa shape index (κ2) is 6.95. The molecule has 0 heterocycles. The maximum absolute atomic E-state index is 12.7. The molecule has 1 aliphatic rings. The molecule has 0 spiro atoms. The third-order valence-electron chi connectivity index (χ3n) is 3.98. The summed E-state index contributed by atoms with van der Waals surface area (Å²) in [5.74, 6) is -0.157. The van der Waals surface area contributed by atoms with Gasteiger partial charge in [-0.2, -0.15) is 0 Å². The molecule has 0 bridgehead atoms. The van der Waals surface area contributed by atoms with E-state index >= 15 is 0 Å². The molecule has 2 rings (SSSR count). The monoisotopic (exact) mass is 344 g/mol. The largest absolute Gasteiger partial charge is 0.392 e. The minimum absolute atomic E-state index is 0.157. The summed E-state index contributed by atoms with van der Waals surface area (Å²) in [6, 6.07) is 4.94. The third-order valence-corrected chi connectivity index (χ3v) is 4.81. The summed E-state index contributed by atoms with van der Waals surface area (Å²) in [7, 11) is 0. The highest BCUT2D eigenvalue weighted by Gasteiger charge is 2.41. The first kappa shape index (κ1) is 16.5. The highest BCUT2D eigenvalue weighted by Crippen LogP contribution is 2.37. The first-order valence-electron chi connectivity index (χ1n) is 7.01. The van der Waals surface area contributed by atoms with Crippen LogP contribution in [0.15, 0.2) is 18.2 Å². The second-order valence-electron chi connectivity index (χ2n) is 5.47. The van der Waals surface area contributed by atoms with Crippen LogP contribution in [-0.4, -0.2) is 10.9 Å². The number of nitrogens with two attached hydrogens (primary N) is 1. The molecule has 21 heavy (non-hydrogen) atoms. The lowest BCUT2D eigenvalue weighted by Crippen LogP contribution is -2.45. The standard InChI is InChI=1S/C15H18Cl2N2OS/c16-10-7-11(17)9-12(8-10)19-14(20)15(13(18)21)5-3-1-2-4-6-15/h7-9H,1-6H2,(H2,18,21)(H,19,20). The van der Waals surface area contributed by atoms with Crippen LogP contribution in [0.5, 0.6) is 0 Å². The number of rotatable bonds is 3. The van der Waals surface area contributed by atoms with E-state index in [4.69, 9.17) is 41.2 Å². The molecule has 3 N–H and O–H groups in total. The molecule has 0 aromatic heterocycles. The van der Waals surface area contributed by atoms with E-state index in [1.54, 1.807) is 18.2 Å². The van der Waals surface area contributed by atoms with Crippen molar-refractivity contribution in [3.63, 3.8) is 0 Å². The Balaban J connectivity index is 2.24. The Morgan fingerprint density at radius 2 is 1.62 bits per heavy atom. The number of nitrogens with one attached hydrogen (secondary N) is 1. The smallest absolute Gasteiger partial charge is 0.237 e. The van der Waals surface area contributed by atoms with Crippen molar-refractivity contribution in [2.45, 2.75) is 38.5 Å². The Kier molecular flexibility index (Phi) is 5.47. The van der Waals surface area contributed by atoms with Gasteiger partial charge in [-0.05, 0) is 31.0 Å². The van der Waals surface area contributed by atoms with Crippen molar-refractivity contribution in [1.29, 1.82) is 0 Å². The number of hydrogen-bond donors (Lipinski definition) is 2. The van der Waals surface area contributed by atoms with Gasteiger partial charge in [-0.15, -0.1) is 0 Å². The van der Waals surface area contributed by atoms with Crippen molar-refractivity contribution < 1.29 is 4.79 Å². The van der Waals surface area contributed by atoms with Crippen LogP contribution in [-0.2, 0) is 4.79 Å². The van der Waals surface area contributed by atoms with Crippen molar-refractivity contribution in [2.24, 2.45) is 11.1 Å². The predicted molar refractivity (Wildman–Crippen MR) is 92.0 cm³/mol. The van der Waals surface area contributed by atoms with E-state index in [2.05, 4.69) is 5.32 Å². The molecular formula is C15H18Cl2N2OS. The van der Waals surface area contributed by atoms with E-state index in [9.17, 15) is 4.79 Å². The Hall–Kier alpha value is -0.840. The first-order chi connectivity index (χ1) is 9.94. The summed E-state index contributed by atoms with van der Waals surface area (Å²) in [5.41, 5.74) is 5.71. The number of halogens is 2. The second-order valence-corrected chi connectivity index (χ2v) is 6.79. The SMILES string of the molecule is NC(=S)C1(C(=O)Nc2cc(Cl)cc(Cl)c2)CCCCCC1. The fourth-order valence-electron chi connectivity index (χ4n) is 2.79. The molecule has 1 saturated carbocycles. The van der Waals surface area contributed by atoms with Gasteiger partial charge in [-0.3, -0.25) is 4.79 Å². The Labute approximate surface area is 140 Å². The van der Waals surface area contributed by atoms with E-state index in [0.29, 0.717) is 28.6 Å². The lowest BCUT2D eigenvalue weighted by atomic mass is 9.79. The zero-order valence-corrected chi connectivity index (χ0v) is 14.0. The van der Waals surface area contributed by atoms with Crippen LogP contribution in [0.3, 0.4) is 0 Å². The minimum atomic E-state index is -0.763. The van der Waals surface area contributed by atoms with Gasteiger partial charge in [0.1, 0.15) is 0 Å². The van der Waals surface area contributed by atoms with E-state index in [-0.39, 0.29) is 10.9 Å². The van der Waals surface area contributed by atoms with Gasteiger partial charge < -0.3 is 11.1 Å². The fourth-order valence-corrected chi connectivity index (χ4v) is 3.62. The molecule has 0 atom stereocenters. The normalized spacial score (nSPS) is 17.8. The summed E-state index contributed by atoms with van der Waals surface area (Å²) in [6.45, 7) is 0. The average Bonchev–Trinajstić information content (AvgIpc) is 2.63. The number of carbonyl (C=O) groups is 1. The van der Waals surface area contributed by atoms with Gasteiger partial charge in [0.25, 0.3) is 0 Å². The summed E-state index contributed by atoms with van der Waals surface area (Å²) >= 11 is 17.1. The zero-order chi connectivity index (χ0) is 15.5. The molecule has 1 aromatic carbocycles. The van der Waals surface area contributed by atoms with E-state index in [1.165, 1.54) is 0 Å². The van der Waals surface area contributed by atoms with Crippen molar-refractivity contribution in [3.8, 4) is 0 Å². The van der Waals surface area contributed by atoms with E-state index in [0.717, 1.165) is 25.7 Å². The Bertz CT molecular complexity index is 534. The van der Waals surface area contributed by atoms with Crippen LogP contribution >= 0.6 is 35.4 Å². The number of hydrogen-bond acceptors (Lipinski definition) is 2. The zero-order valence-electron chi connectivity index (χ0n) is 11.6. The van der Waals surface area contributed by atoms with Crippen LogP contribution < -0.4 is 11.1 Å². The predicted octanol–water partition coefficient (Wildman–Crippen LogP) is 4.56. The van der Waals surface area contributed by atoms with Crippen LogP contribution in [0.2, 0.25) is 10.0 Å². The van der Waals surface area contributed by atoms with Crippen molar-refractivity contribution >= 4 is 52.0 Å². The molecule has 1 fully saturated rings. The number of thiocarbonyl (C=S) groups is 1. The van der Waals surface area contributed by atoms with Gasteiger partial charge in [0, 0.05) is 15.7 Å². The molecule has 0 unspecified atom stereocenters. The van der Waals surface area contributed by atoms with Gasteiger partial charge in [0.2, 0.25) is 5.91 Å². The lowest BCUT2D eigenvalue weighted by Gasteiger charge is -2.30. The van der Waals surface area contributed by atoms with Gasteiger partial charge >= 0.3 is 0 Å². The molecule has 6 heteroatoms. The molecule has 1 aromatic rings. The Morgan fingerprint density at radius 1 is 1.10 bits per heavy atom. The lowest BCUT2D eigenvalue weighted by molar-refractivity contribution is -0.122. The molecule has 1 aliphatic carbocycles. The molecule has 3 nitrogen and oxygen atoms in total. The van der Waals surface area contributed by atoms with Crippen LogP contribution in [0.4, 0.5) is 5.69 Å². The van der Waals surface area contributed by atoms with Crippen molar-refractivity contribution in [3.05, 3.63) is 28.2 Å². The number of anilines is 1. The molecule has 1 amide bonds. The van der Waals surface area contributed by atoms with Crippen molar-refractivity contribution in [2.75, 3.05) is 5.32 Å².